The number of hydrogen-bond acceptors (Lipinski definition) is 12. The van der Waals surface area contributed by atoms with Crippen molar-refractivity contribution in [2.75, 3.05) is 40.8 Å². The maximum absolute atomic E-state index is 12.3. The predicted octanol–water partition coefficient (Wildman–Crippen LogP) is -2.43. The number of nitrogens with one attached hydrogen (secondary N) is 7. The van der Waals surface area contributed by atoms with E-state index in [1.807, 2.05) is 0 Å². The van der Waals surface area contributed by atoms with Gasteiger partial charge in [-0.3, -0.25) is 53.0 Å². The van der Waals surface area contributed by atoms with Gasteiger partial charge >= 0.3 is 0 Å². The molecule has 0 spiro atoms. The normalized spacial score (nSPS) is 17.1. The first-order chi connectivity index (χ1) is 24.0. The van der Waals surface area contributed by atoms with Crippen LogP contribution in [0.2, 0.25) is 0 Å². The lowest BCUT2D eigenvalue weighted by Crippen LogP contribution is -2.40. The second kappa shape index (κ2) is 21.6. The van der Waals surface area contributed by atoms with E-state index in [4.69, 9.17) is 4.74 Å². The molecule has 0 aromatic heterocycles. The summed E-state index contributed by atoms with van der Waals surface area (Å²) in [4.78, 5) is 109. The monoisotopic (exact) mass is 719 g/mol. The summed E-state index contributed by atoms with van der Waals surface area (Å²) in [6, 6.07) is -1.21. The van der Waals surface area contributed by atoms with Crippen molar-refractivity contribution in [3.05, 3.63) is 37.1 Å². The van der Waals surface area contributed by atoms with Gasteiger partial charge in [0.15, 0.2) is 5.76 Å². The molecule has 2 rings (SSSR count). The van der Waals surface area contributed by atoms with Gasteiger partial charge in [-0.2, -0.15) is 0 Å². The van der Waals surface area contributed by atoms with E-state index in [2.05, 4.69) is 57.0 Å². The molecule has 0 saturated carbocycles. The molecule has 2 aliphatic rings. The van der Waals surface area contributed by atoms with Gasteiger partial charge in [-0.05, 0) is 26.9 Å². The van der Waals surface area contributed by atoms with Gasteiger partial charge in [-0.25, -0.2) is 0 Å². The third kappa shape index (κ3) is 14.9. The third-order valence-electron chi connectivity index (χ3n) is 7.34. The standard InChI is InChI=1S/C26H38N8O8.C6H11NO2/c1-14(10-21(37)31-15(2)29-19(35)6-8-33-23(39)12-17(27-4)25(33)41)11-22(38)32-16(3)30-20(36)7-9-34-24(40)13-18(28-5)26(34)42;1-4-9-5(2)6(8)7-3/h14,17-18,27-28H,2-3,6-13H2,1,4-5H3,(H,29,35)(H,30,36)(H,31,37)(H,32,38);2,4H2,1,3H3,(H,7,8). The Bertz CT molecular complexity index is 1330. The van der Waals surface area contributed by atoms with Gasteiger partial charge in [-0.15, -0.1) is 0 Å². The van der Waals surface area contributed by atoms with Gasteiger partial charge in [0.2, 0.25) is 47.3 Å². The average molecular weight is 720 g/mol. The molecule has 0 aliphatic carbocycles. The van der Waals surface area contributed by atoms with Gasteiger partial charge in [0.1, 0.15) is 11.6 Å². The van der Waals surface area contributed by atoms with Crippen LogP contribution in [0.4, 0.5) is 0 Å². The molecule has 0 radical (unpaired) electrons. The van der Waals surface area contributed by atoms with Crippen molar-refractivity contribution < 1.29 is 47.9 Å². The highest BCUT2D eigenvalue weighted by Crippen LogP contribution is 2.14. The van der Waals surface area contributed by atoms with Crippen molar-refractivity contribution in [2.45, 2.75) is 64.5 Å². The number of rotatable bonds is 19. The van der Waals surface area contributed by atoms with Gasteiger partial charge in [0.25, 0.3) is 5.91 Å². The maximum atomic E-state index is 12.3. The van der Waals surface area contributed by atoms with Crippen molar-refractivity contribution in [3.8, 4) is 0 Å². The second-order valence-electron chi connectivity index (χ2n) is 11.5. The van der Waals surface area contributed by atoms with Crippen LogP contribution in [-0.4, -0.2) is 116 Å². The summed E-state index contributed by atoms with van der Waals surface area (Å²) < 4.78 is 4.79. The van der Waals surface area contributed by atoms with Crippen molar-refractivity contribution in [1.82, 2.24) is 47.0 Å². The van der Waals surface area contributed by atoms with Crippen LogP contribution in [0.1, 0.15) is 52.4 Å². The zero-order chi connectivity index (χ0) is 38.8. The Morgan fingerprint density at radius 1 is 0.706 bits per heavy atom. The highest BCUT2D eigenvalue weighted by atomic mass is 16.5. The molecule has 2 heterocycles. The predicted molar refractivity (Wildman–Crippen MR) is 182 cm³/mol. The van der Waals surface area contributed by atoms with E-state index in [1.165, 1.54) is 7.05 Å². The van der Waals surface area contributed by atoms with Crippen LogP contribution < -0.4 is 37.2 Å². The summed E-state index contributed by atoms with van der Waals surface area (Å²) in [5, 5.41) is 17.4. The molecule has 0 bridgehead atoms. The van der Waals surface area contributed by atoms with Crippen molar-refractivity contribution in [1.29, 1.82) is 0 Å². The molecule has 51 heavy (non-hydrogen) atoms. The number of likely N-dealkylation sites (N-methyl/N-ethyl adjacent to an activating group) is 3. The van der Waals surface area contributed by atoms with Crippen LogP contribution in [0.15, 0.2) is 37.1 Å². The number of likely N-dealkylation sites (tertiary alicyclic amines) is 2. The lowest BCUT2D eigenvalue weighted by molar-refractivity contribution is -0.141. The van der Waals surface area contributed by atoms with Crippen LogP contribution in [0.5, 0.6) is 0 Å². The molecule has 19 nitrogen and oxygen atoms in total. The Morgan fingerprint density at radius 2 is 1.08 bits per heavy atom. The van der Waals surface area contributed by atoms with Crippen LogP contribution in [0.3, 0.4) is 0 Å². The zero-order valence-electron chi connectivity index (χ0n) is 29.7. The van der Waals surface area contributed by atoms with Gasteiger partial charge in [0.05, 0.1) is 31.5 Å². The summed E-state index contributed by atoms with van der Waals surface area (Å²) in [6.07, 6.45) is -0.469. The summed E-state index contributed by atoms with van der Waals surface area (Å²) >= 11 is 0. The lowest BCUT2D eigenvalue weighted by atomic mass is 10.0. The van der Waals surface area contributed by atoms with E-state index in [9.17, 15) is 43.2 Å². The summed E-state index contributed by atoms with van der Waals surface area (Å²) in [5.41, 5.74) is 0. The number of carbonyl (C=O) groups is 9. The molecule has 2 aliphatic heterocycles. The molecule has 2 atom stereocenters. The van der Waals surface area contributed by atoms with Gasteiger partial charge < -0.3 is 42.0 Å². The van der Waals surface area contributed by atoms with Crippen LogP contribution in [-0.2, 0) is 47.9 Å². The van der Waals surface area contributed by atoms with E-state index >= 15 is 0 Å². The van der Waals surface area contributed by atoms with Gasteiger partial charge in [0, 0.05) is 45.8 Å². The topological polar surface area (TPSA) is 254 Å². The Labute approximate surface area is 296 Å². The van der Waals surface area contributed by atoms with Crippen molar-refractivity contribution in [3.63, 3.8) is 0 Å². The van der Waals surface area contributed by atoms with E-state index in [-0.39, 0.29) is 86.7 Å². The summed E-state index contributed by atoms with van der Waals surface area (Å²) in [7, 11) is 4.67. The molecule has 0 aromatic rings. The molecule has 0 aromatic carbocycles. The highest BCUT2D eigenvalue weighted by molar-refractivity contribution is 6.06. The molecule has 9 amide bonds. The fourth-order valence-corrected chi connectivity index (χ4v) is 4.76. The molecule has 7 N–H and O–H groups in total. The minimum atomic E-state index is -0.603. The van der Waals surface area contributed by atoms with E-state index in [1.54, 1.807) is 27.9 Å². The molecule has 282 valence electrons. The van der Waals surface area contributed by atoms with Crippen LogP contribution >= 0.6 is 0 Å². The Kier molecular flexibility index (Phi) is 18.5. The Hall–Kier alpha value is -5.43. The maximum Gasteiger partial charge on any atom is 0.285 e. The zero-order valence-corrected chi connectivity index (χ0v) is 29.7. The summed E-state index contributed by atoms with van der Waals surface area (Å²) in [5.74, 6) is -4.41. The minimum Gasteiger partial charge on any atom is -0.489 e. The molecule has 2 unspecified atom stereocenters. The average Bonchev–Trinajstić information content (AvgIpc) is 3.49. The number of ether oxygens (including phenoxy) is 1. The Balaban J connectivity index is 0.00000127. The lowest BCUT2D eigenvalue weighted by Gasteiger charge is -2.16. The SMILES string of the molecule is C=C(NC(=O)CCN1C(=O)CC(NC)C1=O)NC(=O)CC(C)CC(=O)NC(=C)NC(=O)CCN1C(=O)CC(NC)C1=O.C=C(OCC)C(=O)NC. The number of hydrogen-bond donors (Lipinski definition) is 7. The second-order valence-corrected chi connectivity index (χ2v) is 11.5. The molecule has 19 heteroatoms. The van der Waals surface area contributed by atoms with Gasteiger partial charge in [-0.1, -0.05) is 26.7 Å². The first kappa shape index (κ1) is 43.6. The number of nitrogens with zero attached hydrogens (tertiary/aromatic N) is 2. The van der Waals surface area contributed by atoms with Crippen LogP contribution in [0.25, 0.3) is 0 Å². The minimum absolute atomic E-state index is 0.0294. The summed E-state index contributed by atoms with van der Waals surface area (Å²) in [6.45, 7) is 14.2. The number of carbonyl (C=O) groups excluding carboxylic acids is 9. The molecule has 2 fully saturated rings. The largest absolute Gasteiger partial charge is 0.489 e. The molecular weight excluding hydrogens is 670 g/mol. The quantitative estimate of drug-likeness (QED) is 0.0418. The van der Waals surface area contributed by atoms with Crippen molar-refractivity contribution >= 4 is 53.2 Å². The third-order valence-corrected chi connectivity index (χ3v) is 7.34. The highest BCUT2D eigenvalue weighted by Gasteiger charge is 2.38. The van der Waals surface area contributed by atoms with E-state index in [0.29, 0.717) is 6.61 Å². The number of imide groups is 2. The number of amides is 9. The first-order valence-electron chi connectivity index (χ1n) is 16.1. The van der Waals surface area contributed by atoms with Crippen molar-refractivity contribution in [2.24, 2.45) is 5.92 Å². The fourth-order valence-electron chi connectivity index (χ4n) is 4.76. The van der Waals surface area contributed by atoms with E-state index in [0.717, 1.165) is 9.80 Å². The molecule has 2 saturated heterocycles. The first-order valence-corrected chi connectivity index (χ1v) is 16.1. The fraction of sp³-hybridized carbons (Fsp3) is 0.531. The van der Waals surface area contributed by atoms with Crippen LogP contribution in [0, 0.1) is 5.92 Å². The smallest absolute Gasteiger partial charge is 0.285 e. The van der Waals surface area contributed by atoms with E-state index < -0.39 is 53.4 Å². The molecular formula is C32H49N9O10. The Morgan fingerprint density at radius 3 is 1.39 bits per heavy atom.